The molecule has 19 heavy (non-hydrogen) atoms. The van der Waals surface area contributed by atoms with Crippen LogP contribution >= 0.6 is 11.3 Å². The molecule has 108 valence electrons. The Morgan fingerprint density at radius 2 is 2.00 bits per heavy atom. The highest BCUT2D eigenvalue weighted by atomic mass is 32.1. The zero-order valence-electron chi connectivity index (χ0n) is 12.8. The SMILES string of the molecule is Cc1ccc(C(C(C)N)N2CCN(C)C(C)(C)C2)s1. The van der Waals surface area contributed by atoms with Gasteiger partial charge in [0.15, 0.2) is 0 Å². The molecule has 3 nitrogen and oxygen atoms in total. The Kier molecular flexibility index (Phi) is 4.35. The van der Waals surface area contributed by atoms with Gasteiger partial charge in [-0.25, -0.2) is 0 Å². The van der Waals surface area contributed by atoms with Crippen LogP contribution in [0.4, 0.5) is 0 Å². The van der Waals surface area contributed by atoms with Crippen molar-refractivity contribution in [2.75, 3.05) is 26.7 Å². The second kappa shape index (κ2) is 5.52. The van der Waals surface area contributed by atoms with Gasteiger partial charge in [0.05, 0.1) is 6.04 Å². The molecule has 2 rings (SSSR count). The van der Waals surface area contributed by atoms with Crippen molar-refractivity contribution in [1.82, 2.24) is 9.80 Å². The van der Waals surface area contributed by atoms with Crippen LogP contribution in [0.25, 0.3) is 0 Å². The Balaban J connectivity index is 2.21. The number of hydrogen-bond donors (Lipinski definition) is 1. The molecular formula is C15H27N3S. The lowest BCUT2D eigenvalue weighted by molar-refractivity contribution is 0.0121. The van der Waals surface area contributed by atoms with Crippen LogP contribution in [-0.2, 0) is 0 Å². The highest BCUT2D eigenvalue weighted by Crippen LogP contribution is 2.33. The minimum absolute atomic E-state index is 0.164. The van der Waals surface area contributed by atoms with Gasteiger partial charge in [0.1, 0.15) is 0 Å². The molecule has 0 aliphatic carbocycles. The molecule has 1 aliphatic heterocycles. The van der Waals surface area contributed by atoms with Gasteiger partial charge in [0, 0.05) is 41.0 Å². The van der Waals surface area contributed by atoms with Gasteiger partial charge in [0.25, 0.3) is 0 Å². The van der Waals surface area contributed by atoms with Gasteiger partial charge in [-0.2, -0.15) is 0 Å². The number of rotatable bonds is 3. The van der Waals surface area contributed by atoms with Crippen molar-refractivity contribution in [2.24, 2.45) is 5.73 Å². The zero-order chi connectivity index (χ0) is 14.2. The van der Waals surface area contributed by atoms with Crippen LogP contribution in [0, 0.1) is 6.92 Å². The third-order valence-corrected chi connectivity index (χ3v) is 5.36. The van der Waals surface area contributed by atoms with E-state index in [1.165, 1.54) is 9.75 Å². The highest BCUT2D eigenvalue weighted by molar-refractivity contribution is 7.12. The van der Waals surface area contributed by atoms with Gasteiger partial charge in [-0.1, -0.05) is 0 Å². The number of piperazine rings is 1. The molecule has 1 aliphatic rings. The Morgan fingerprint density at radius 1 is 1.32 bits per heavy atom. The largest absolute Gasteiger partial charge is 0.326 e. The van der Waals surface area contributed by atoms with Crippen LogP contribution in [0.15, 0.2) is 12.1 Å². The molecule has 2 unspecified atom stereocenters. The summed E-state index contributed by atoms with van der Waals surface area (Å²) < 4.78 is 0. The van der Waals surface area contributed by atoms with Gasteiger partial charge in [-0.05, 0) is 46.9 Å². The van der Waals surface area contributed by atoms with E-state index < -0.39 is 0 Å². The van der Waals surface area contributed by atoms with Crippen LogP contribution in [-0.4, -0.2) is 48.1 Å². The first kappa shape index (κ1) is 15.0. The quantitative estimate of drug-likeness (QED) is 0.924. The second-order valence-corrected chi connectivity index (χ2v) is 7.78. The maximum atomic E-state index is 6.28. The summed E-state index contributed by atoms with van der Waals surface area (Å²) in [7, 11) is 2.22. The number of thiophene rings is 1. The molecule has 4 heteroatoms. The first-order valence-electron chi connectivity index (χ1n) is 7.08. The van der Waals surface area contributed by atoms with Gasteiger partial charge in [-0.15, -0.1) is 11.3 Å². The molecule has 2 heterocycles. The number of aryl methyl sites for hydroxylation is 1. The van der Waals surface area contributed by atoms with E-state index in [1.807, 2.05) is 11.3 Å². The molecule has 1 aromatic rings. The van der Waals surface area contributed by atoms with Crippen molar-refractivity contribution in [2.45, 2.75) is 45.3 Å². The number of nitrogens with zero attached hydrogens (tertiary/aromatic N) is 2. The maximum Gasteiger partial charge on any atom is 0.0591 e. The zero-order valence-corrected chi connectivity index (χ0v) is 13.6. The summed E-state index contributed by atoms with van der Waals surface area (Å²) in [6, 6.07) is 4.97. The molecular weight excluding hydrogens is 254 g/mol. The van der Waals surface area contributed by atoms with E-state index in [0.717, 1.165) is 19.6 Å². The van der Waals surface area contributed by atoms with Gasteiger partial charge in [-0.3, -0.25) is 9.80 Å². The smallest absolute Gasteiger partial charge is 0.0591 e. The van der Waals surface area contributed by atoms with Crippen molar-refractivity contribution < 1.29 is 0 Å². The predicted molar refractivity (Wildman–Crippen MR) is 83.7 cm³/mol. The minimum Gasteiger partial charge on any atom is -0.326 e. The van der Waals surface area contributed by atoms with Crippen molar-refractivity contribution in [3.63, 3.8) is 0 Å². The van der Waals surface area contributed by atoms with E-state index in [0.29, 0.717) is 6.04 Å². The van der Waals surface area contributed by atoms with Gasteiger partial charge >= 0.3 is 0 Å². The summed E-state index contributed by atoms with van der Waals surface area (Å²) in [5.41, 5.74) is 6.50. The first-order chi connectivity index (χ1) is 8.81. The Hall–Kier alpha value is -0.420. The molecule has 0 spiro atoms. The number of nitrogens with two attached hydrogens (primary N) is 1. The molecule has 2 atom stereocenters. The summed E-state index contributed by atoms with van der Waals surface area (Å²) in [4.78, 5) is 7.79. The van der Waals surface area contributed by atoms with Crippen molar-refractivity contribution in [3.05, 3.63) is 21.9 Å². The fraction of sp³-hybridized carbons (Fsp3) is 0.733. The maximum absolute atomic E-state index is 6.28. The normalized spacial score (nSPS) is 24.3. The number of likely N-dealkylation sites (N-methyl/N-ethyl adjacent to an activating group) is 1. The lowest BCUT2D eigenvalue weighted by Crippen LogP contribution is -2.59. The third-order valence-electron chi connectivity index (χ3n) is 4.29. The van der Waals surface area contributed by atoms with Crippen LogP contribution in [0.1, 0.15) is 36.6 Å². The topological polar surface area (TPSA) is 32.5 Å². The molecule has 2 N–H and O–H groups in total. The van der Waals surface area contributed by atoms with E-state index >= 15 is 0 Å². The molecule has 1 aromatic heterocycles. The number of hydrogen-bond acceptors (Lipinski definition) is 4. The van der Waals surface area contributed by atoms with E-state index in [1.54, 1.807) is 0 Å². The predicted octanol–water partition coefficient (Wildman–Crippen LogP) is 2.47. The lowest BCUT2D eigenvalue weighted by Gasteiger charge is -2.48. The molecule has 0 radical (unpaired) electrons. The molecule has 0 amide bonds. The third kappa shape index (κ3) is 3.19. The monoisotopic (exact) mass is 281 g/mol. The Bertz CT molecular complexity index is 425. The summed E-state index contributed by atoms with van der Waals surface area (Å²) in [6.45, 7) is 12.2. The molecule has 0 saturated carbocycles. The molecule has 1 fully saturated rings. The van der Waals surface area contributed by atoms with Crippen molar-refractivity contribution in [1.29, 1.82) is 0 Å². The first-order valence-corrected chi connectivity index (χ1v) is 7.90. The fourth-order valence-electron chi connectivity index (χ4n) is 2.90. The Labute approximate surface area is 121 Å². The van der Waals surface area contributed by atoms with Crippen LogP contribution in [0.3, 0.4) is 0 Å². The highest BCUT2D eigenvalue weighted by Gasteiger charge is 2.36. The molecule has 0 aromatic carbocycles. The average molecular weight is 281 g/mol. The van der Waals surface area contributed by atoms with Gasteiger partial charge in [0.2, 0.25) is 0 Å². The minimum atomic E-state index is 0.164. The van der Waals surface area contributed by atoms with E-state index in [-0.39, 0.29) is 11.6 Å². The van der Waals surface area contributed by atoms with Crippen LogP contribution in [0.5, 0.6) is 0 Å². The van der Waals surface area contributed by atoms with Crippen LogP contribution in [0.2, 0.25) is 0 Å². The lowest BCUT2D eigenvalue weighted by atomic mass is 9.96. The molecule has 1 saturated heterocycles. The van der Waals surface area contributed by atoms with E-state index in [9.17, 15) is 0 Å². The average Bonchev–Trinajstić information content (AvgIpc) is 2.69. The summed E-state index contributed by atoms with van der Waals surface area (Å²) in [5.74, 6) is 0. The van der Waals surface area contributed by atoms with Crippen molar-refractivity contribution in [3.8, 4) is 0 Å². The second-order valence-electron chi connectivity index (χ2n) is 6.46. The standard InChI is InChI=1S/C15H27N3S/c1-11-6-7-13(19-11)14(12(2)16)18-9-8-17(5)15(3,4)10-18/h6-7,12,14H,8-10,16H2,1-5H3. The van der Waals surface area contributed by atoms with Crippen molar-refractivity contribution >= 4 is 11.3 Å². The Morgan fingerprint density at radius 3 is 2.47 bits per heavy atom. The fourth-order valence-corrected chi connectivity index (χ4v) is 4.03. The summed E-state index contributed by atoms with van der Waals surface area (Å²) >= 11 is 1.88. The summed E-state index contributed by atoms with van der Waals surface area (Å²) in [6.07, 6.45) is 0. The van der Waals surface area contributed by atoms with E-state index in [2.05, 4.69) is 56.7 Å². The van der Waals surface area contributed by atoms with Gasteiger partial charge < -0.3 is 5.73 Å². The molecule has 0 bridgehead atoms. The summed E-state index contributed by atoms with van der Waals surface area (Å²) in [5, 5.41) is 0. The van der Waals surface area contributed by atoms with E-state index in [4.69, 9.17) is 5.73 Å². The van der Waals surface area contributed by atoms with Crippen LogP contribution < -0.4 is 5.73 Å².